The van der Waals surface area contributed by atoms with E-state index in [1.54, 1.807) is 0 Å². The molecule has 2 heterocycles. The zero-order valence-corrected chi connectivity index (χ0v) is 17.7. The number of thioether (sulfide) groups is 1. The number of carbonyl (C=O) groups excluding carboxylic acids is 1. The van der Waals surface area contributed by atoms with Gasteiger partial charge in [0.25, 0.3) is 0 Å². The summed E-state index contributed by atoms with van der Waals surface area (Å²) in [6, 6.07) is 8.49. The van der Waals surface area contributed by atoms with E-state index in [4.69, 9.17) is 4.74 Å². The summed E-state index contributed by atoms with van der Waals surface area (Å²) >= 11 is 1.42. The Morgan fingerprint density at radius 3 is 2.68 bits per heavy atom. The third kappa shape index (κ3) is 5.05. The highest BCUT2D eigenvalue weighted by Crippen LogP contribution is 2.27. The zero-order chi connectivity index (χ0) is 19.9. The van der Waals surface area contributed by atoms with Crippen LogP contribution in [0.3, 0.4) is 0 Å². The van der Waals surface area contributed by atoms with Crippen LogP contribution in [0.1, 0.15) is 32.3 Å². The lowest BCUT2D eigenvalue weighted by Gasteiger charge is -2.28. The number of rotatable bonds is 8. The van der Waals surface area contributed by atoms with Crippen molar-refractivity contribution in [2.24, 2.45) is 0 Å². The molecule has 1 aliphatic rings. The third-order valence-electron chi connectivity index (χ3n) is 4.85. The van der Waals surface area contributed by atoms with Crippen LogP contribution in [0.4, 0.5) is 5.95 Å². The average Bonchev–Trinajstić information content (AvgIpc) is 3.15. The third-order valence-corrected chi connectivity index (χ3v) is 5.78. The number of anilines is 1. The molecule has 0 radical (unpaired) electrons. The summed E-state index contributed by atoms with van der Waals surface area (Å²) in [5, 5.41) is 12.7. The lowest BCUT2D eigenvalue weighted by atomic mass is 10.2. The Balaban J connectivity index is 1.82. The minimum absolute atomic E-state index is 0.0328. The van der Waals surface area contributed by atoms with Crippen LogP contribution in [-0.4, -0.2) is 58.8 Å². The molecule has 1 aliphatic heterocycles. The molecule has 1 amide bonds. The molecule has 2 aromatic rings. The number of benzene rings is 1. The lowest BCUT2D eigenvalue weighted by Crippen LogP contribution is -2.38. The van der Waals surface area contributed by atoms with Gasteiger partial charge in [0.2, 0.25) is 11.9 Å². The first-order valence-corrected chi connectivity index (χ1v) is 10.9. The number of nitrogens with one attached hydrogen (secondary N) is 1. The number of nitrogens with zero attached hydrogens (tertiary/aromatic N) is 4. The number of carbonyl (C=O) groups is 1. The van der Waals surface area contributed by atoms with Crippen LogP contribution in [0, 0.1) is 6.92 Å². The molecule has 152 valence electrons. The van der Waals surface area contributed by atoms with Crippen LogP contribution in [0.15, 0.2) is 29.4 Å². The fourth-order valence-electron chi connectivity index (χ4n) is 3.21. The van der Waals surface area contributed by atoms with Crippen molar-refractivity contribution in [3.63, 3.8) is 0 Å². The van der Waals surface area contributed by atoms with Crippen LogP contribution < -0.4 is 10.2 Å². The second-order valence-corrected chi connectivity index (χ2v) is 7.87. The first kappa shape index (κ1) is 20.7. The molecule has 0 bridgehead atoms. The van der Waals surface area contributed by atoms with Crippen LogP contribution >= 0.6 is 11.8 Å². The summed E-state index contributed by atoms with van der Waals surface area (Å²) in [4.78, 5) is 14.5. The Hall–Kier alpha value is -2.06. The molecule has 0 unspecified atom stereocenters. The number of aromatic nitrogens is 3. The van der Waals surface area contributed by atoms with Gasteiger partial charge in [-0.3, -0.25) is 9.36 Å². The molecule has 28 heavy (non-hydrogen) atoms. The molecule has 1 saturated heterocycles. The molecule has 0 atom stereocenters. The smallest absolute Gasteiger partial charge is 0.232 e. The summed E-state index contributed by atoms with van der Waals surface area (Å²) < 4.78 is 7.52. The monoisotopic (exact) mass is 403 g/mol. The first-order valence-electron chi connectivity index (χ1n) is 9.89. The molecule has 3 rings (SSSR count). The molecule has 1 N–H and O–H groups in total. The van der Waals surface area contributed by atoms with Gasteiger partial charge in [0, 0.05) is 19.1 Å². The topological polar surface area (TPSA) is 72.3 Å². The zero-order valence-electron chi connectivity index (χ0n) is 16.9. The van der Waals surface area contributed by atoms with Gasteiger partial charge >= 0.3 is 0 Å². The van der Waals surface area contributed by atoms with E-state index in [9.17, 15) is 4.79 Å². The van der Waals surface area contributed by atoms with Crippen LogP contribution in [0.25, 0.3) is 5.69 Å². The number of amides is 1. The van der Waals surface area contributed by atoms with E-state index in [1.165, 1.54) is 17.3 Å². The SMILES string of the molecule is CCC(CC)NC(=O)CSc1nnc(N2CCOCC2)n1-c1cccc(C)c1. The highest BCUT2D eigenvalue weighted by atomic mass is 32.2. The minimum atomic E-state index is 0.0328. The fourth-order valence-corrected chi connectivity index (χ4v) is 3.97. The number of hydrogen-bond donors (Lipinski definition) is 1. The van der Waals surface area contributed by atoms with Crippen molar-refractivity contribution in [3.05, 3.63) is 29.8 Å². The molecule has 0 aliphatic carbocycles. The summed E-state index contributed by atoms with van der Waals surface area (Å²) in [7, 11) is 0. The van der Waals surface area contributed by atoms with Crippen molar-refractivity contribution < 1.29 is 9.53 Å². The Morgan fingerprint density at radius 1 is 1.25 bits per heavy atom. The van der Waals surface area contributed by atoms with Crippen molar-refractivity contribution >= 4 is 23.6 Å². The van der Waals surface area contributed by atoms with Crippen molar-refractivity contribution in [3.8, 4) is 5.69 Å². The quantitative estimate of drug-likeness (QED) is 0.684. The normalized spacial score (nSPS) is 14.5. The maximum Gasteiger partial charge on any atom is 0.232 e. The lowest BCUT2D eigenvalue weighted by molar-refractivity contribution is -0.119. The molecule has 1 aromatic heterocycles. The standard InChI is InChI=1S/C20H29N5O2S/c1-4-16(5-2)21-18(26)14-28-20-23-22-19(24-9-11-27-12-10-24)25(20)17-8-6-7-15(3)13-17/h6-8,13,16H,4-5,9-12,14H2,1-3H3,(H,21,26). The van der Waals surface area contributed by atoms with Crippen LogP contribution in [0.2, 0.25) is 0 Å². The van der Waals surface area contributed by atoms with Crippen molar-refractivity contribution in [2.75, 3.05) is 37.0 Å². The van der Waals surface area contributed by atoms with Gasteiger partial charge in [-0.05, 0) is 37.5 Å². The predicted octanol–water partition coefficient (Wildman–Crippen LogP) is 2.81. The molecule has 0 spiro atoms. The highest BCUT2D eigenvalue weighted by molar-refractivity contribution is 7.99. The van der Waals surface area contributed by atoms with E-state index in [0.717, 1.165) is 42.7 Å². The number of morpholine rings is 1. The number of aryl methyl sites for hydroxylation is 1. The van der Waals surface area contributed by atoms with Crippen molar-refractivity contribution in [1.82, 2.24) is 20.1 Å². The predicted molar refractivity (Wildman–Crippen MR) is 112 cm³/mol. The summed E-state index contributed by atoms with van der Waals surface area (Å²) in [5.74, 6) is 1.16. The van der Waals surface area contributed by atoms with E-state index in [1.807, 2.05) is 10.6 Å². The molecule has 1 aromatic carbocycles. The second kappa shape index (κ2) is 9.93. The molecular formula is C20H29N5O2S. The first-order chi connectivity index (χ1) is 13.6. The summed E-state index contributed by atoms with van der Waals surface area (Å²) in [6.45, 7) is 9.17. The van der Waals surface area contributed by atoms with Gasteiger partial charge in [-0.2, -0.15) is 0 Å². The van der Waals surface area contributed by atoms with E-state index in [-0.39, 0.29) is 11.9 Å². The second-order valence-electron chi connectivity index (χ2n) is 6.93. The van der Waals surface area contributed by atoms with Gasteiger partial charge < -0.3 is 15.0 Å². The van der Waals surface area contributed by atoms with Gasteiger partial charge in [-0.1, -0.05) is 37.7 Å². The number of hydrogen-bond acceptors (Lipinski definition) is 6. The summed E-state index contributed by atoms with van der Waals surface area (Å²) in [6.07, 6.45) is 1.88. The molecule has 8 heteroatoms. The van der Waals surface area contributed by atoms with Crippen LogP contribution in [0.5, 0.6) is 0 Å². The number of ether oxygens (including phenoxy) is 1. The van der Waals surface area contributed by atoms with E-state index < -0.39 is 0 Å². The highest BCUT2D eigenvalue weighted by Gasteiger charge is 2.22. The van der Waals surface area contributed by atoms with Crippen molar-refractivity contribution in [1.29, 1.82) is 0 Å². The fraction of sp³-hybridized carbons (Fsp3) is 0.550. The maximum atomic E-state index is 12.3. The Labute approximate surface area is 170 Å². The summed E-state index contributed by atoms with van der Waals surface area (Å²) in [5.41, 5.74) is 2.18. The molecule has 7 nitrogen and oxygen atoms in total. The van der Waals surface area contributed by atoms with Gasteiger partial charge in [0.15, 0.2) is 5.16 Å². The molecule has 1 fully saturated rings. The van der Waals surface area contributed by atoms with Crippen LogP contribution in [-0.2, 0) is 9.53 Å². The molecule has 0 saturated carbocycles. The molecular weight excluding hydrogens is 374 g/mol. The maximum absolute atomic E-state index is 12.3. The van der Waals surface area contributed by atoms with E-state index >= 15 is 0 Å². The van der Waals surface area contributed by atoms with Crippen molar-refractivity contribution in [2.45, 2.75) is 44.8 Å². The van der Waals surface area contributed by atoms with Gasteiger partial charge in [0.1, 0.15) is 0 Å². The van der Waals surface area contributed by atoms with Gasteiger partial charge in [0.05, 0.1) is 24.7 Å². The minimum Gasteiger partial charge on any atom is -0.378 e. The Kier molecular flexibility index (Phi) is 7.33. The Bertz CT molecular complexity index is 785. The van der Waals surface area contributed by atoms with E-state index in [0.29, 0.717) is 19.0 Å². The van der Waals surface area contributed by atoms with E-state index in [2.05, 4.69) is 59.4 Å². The largest absolute Gasteiger partial charge is 0.378 e. The van der Waals surface area contributed by atoms with Gasteiger partial charge in [-0.25, -0.2) is 0 Å². The Morgan fingerprint density at radius 2 is 2.00 bits per heavy atom. The van der Waals surface area contributed by atoms with Gasteiger partial charge in [-0.15, -0.1) is 10.2 Å². The average molecular weight is 404 g/mol.